The molecule has 0 radical (unpaired) electrons. The Bertz CT molecular complexity index is 1310. The molecule has 1 heterocycles. The fourth-order valence-electron chi connectivity index (χ4n) is 4.23. The lowest BCUT2D eigenvalue weighted by Crippen LogP contribution is -2.26. The molecule has 0 bridgehead atoms. The van der Waals surface area contributed by atoms with Gasteiger partial charge in [-0.3, -0.25) is 19.1 Å². The number of anilines is 1. The normalized spacial score (nSPS) is 11.4. The first-order valence-electron chi connectivity index (χ1n) is 12.2. The molecule has 0 aliphatic heterocycles. The van der Waals surface area contributed by atoms with Crippen molar-refractivity contribution in [1.82, 2.24) is 9.36 Å². The molecule has 0 saturated carbocycles. The lowest BCUT2D eigenvalue weighted by Gasteiger charge is -2.23. The maximum absolute atomic E-state index is 13.3. The topological polar surface area (TPSA) is 91.6 Å². The number of ketones is 1. The summed E-state index contributed by atoms with van der Waals surface area (Å²) in [5.41, 5.74) is 1.02. The molecule has 3 aromatic rings. The first-order chi connectivity index (χ1) is 17.6. The molecule has 3 rings (SSSR count). The van der Waals surface area contributed by atoms with Crippen LogP contribution in [0.3, 0.4) is 0 Å². The van der Waals surface area contributed by atoms with Crippen molar-refractivity contribution in [3.05, 3.63) is 75.2 Å². The van der Waals surface area contributed by atoms with E-state index in [1.807, 2.05) is 51.1 Å². The molecule has 0 unspecified atom stereocenters. The van der Waals surface area contributed by atoms with Crippen LogP contribution >= 0.6 is 11.6 Å². The molecule has 1 aromatic heterocycles. The molecule has 0 saturated heterocycles. The van der Waals surface area contributed by atoms with Crippen molar-refractivity contribution < 1.29 is 19.1 Å². The van der Waals surface area contributed by atoms with Crippen LogP contribution in [0.2, 0.25) is 5.02 Å². The average Bonchev–Trinajstić information content (AvgIpc) is 3.08. The summed E-state index contributed by atoms with van der Waals surface area (Å²) in [6, 6.07) is 14.2. The van der Waals surface area contributed by atoms with Crippen molar-refractivity contribution >= 4 is 29.0 Å². The number of rotatable bonds is 12. The third kappa shape index (κ3) is 6.90. The van der Waals surface area contributed by atoms with E-state index in [9.17, 15) is 14.4 Å². The van der Waals surface area contributed by atoms with Crippen LogP contribution in [0.1, 0.15) is 56.1 Å². The molecule has 9 heteroatoms. The molecule has 1 N–H and O–H groups in total. The summed E-state index contributed by atoms with van der Waals surface area (Å²) in [7, 11) is 3.28. The van der Waals surface area contributed by atoms with Crippen LogP contribution in [0, 0.1) is 5.41 Å². The molecule has 0 atom stereocenters. The number of carbonyl (C=O) groups excluding carboxylic acids is 2. The number of Topliss-reactive ketones (excluding diaryl/α,β-unsaturated/α-hetero) is 1. The molecule has 8 nitrogen and oxygen atoms in total. The predicted molar refractivity (Wildman–Crippen MR) is 145 cm³/mol. The number of nitrogens with one attached hydrogen (secondary N) is 1. The summed E-state index contributed by atoms with van der Waals surface area (Å²) in [4.78, 5) is 39.3. The Balaban J connectivity index is 1.73. The highest BCUT2D eigenvalue weighted by atomic mass is 35.5. The van der Waals surface area contributed by atoms with Crippen LogP contribution in [-0.4, -0.2) is 34.8 Å². The minimum atomic E-state index is -0.501. The number of hydrogen-bond donors (Lipinski definition) is 1. The largest absolute Gasteiger partial charge is 0.493 e. The fraction of sp³-hybridized carbons (Fsp3) is 0.393. The van der Waals surface area contributed by atoms with E-state index in [1.165, 1.54) is 11.8 Å². The number of aromatic nitrogens is 2. The SMILES string of the molecule is CCOc1ccc(Cl)cc1C(=O)CCC(C)(C)CC(=O)Nc1c(COC)n(C)n(-c2ccccc2)c1=O. The number of para-hydroxylation sites is 1. The molecule has 0 fully saturated rings. The lowest BCUT2D eigenvalue weighted by molar-refractivity contribution is -0.118. The molecule has 37 heavy (non-hydrogen) atoms. The van der Waals surface area contributed by atoms with Crippen LogP contribution in [-0.2, 0) is 23.2 Å². The Labute approximate surface area is 222 Å². The summed E-state index contributed by atoms with van der Waals surface area (Å²) < 4.78 is 14.0. The number of methoxy groups -OCH3 is 1. The Morgan fingerprint density at radius 1 is 1.11 bits per heavy atom. The van der Waals surface area contributed by atoms with E-state index in [0.29, 0.717) is 40.7 Å². The van der Waals surface area contributed by atoms with Crippen molar-refractivity contribution in [3.8, 4) is 11.4 Å². The van der Waals surface area contributed by atoms with Crippen molar-refractivity contribution in [1.29, 1.82) is 0 Å². The summed E-state index contributed by atoms with van der Waals surface area (Å²) in [6.07, 6.45) is 0.813. The fourth-order valence-corrected chi connectivity index (χ4v) is 4.40. The Morgan fingerprint density at radius 3 is 2.46 bits per heavy atom. The average molecular weight is 528 g/mol. The van der Waals surface area contributed by atoms with Crippen LogP contribution < -0.4 is 15.6 Å². The van der Waals surface area contributed by atoms with Crippen LogP contribution in [0.4, 0.5) is 5.69 Å². The van der Waals surface area contributed by atoms with E-state index in [4.69, 9.17) is 21.1 Å². The number of halogens is 1. The van der Waals surface area contributed by atoms with Gasteiger partial charge in [0.2, 0.25) is 5.91 Å². The van der Waals surface area contributed by atoms with E-state index < -0.39 is 5.41 Å². The zero-order chi connectivity index (χ0) is 27.2. The summed E-state index contributed by atoms with van der Waals surface area (Å²) in [6.45, 7) is 6.28. The number of carbonyl (C=O) groups is 2. The minimum absolute atomic E-state index is 0.101. The van der Waals surface area contributed by atoms with E-state index in [1.54, 1.807) is 29.9 Å². The van der Waals surface area contributed by atoms with Gasteiger partial charge in [-0.25, -0.2) is 4.68 Å². The quantitative estimate of drug-likeness (QED) is 0.319. The van der Waals surface area contributed by atoms with Gasteiger partial charge in [0.15, 0.2) is 5.78 Å². The van der Waals surface area contributed by atoms with Gasteiger partial charge in [-0.05, 0) is 49.1 Å². The van der Waals surface area contributed by atoms with Crippen molar-refractivity contribution in [2.75, 3.05) is 19.0 Å². The van der Waals surface area contributed by atoms with Crippen LogP contribution in [0.25, 0.3) is 5.69 Å². The van der Waals surface area contributed by atoms with Gasteiger partial charge in [-0.1, -0.05) is 43.6 Å². The number of benzene rings is 2. The molecule has 0 aliphatic rings. The van der Waals surface area contributed by atoms with Gasteiger partial charge < -0.3 is 14.8 Å². The highest BCUT2D eigenvalue weighted by Crippen LogP contribution is 2.31. The van der Waals surface area contributed by atoms with Gasteiger partial charge in [-0.15, -0.1) is 0 Å². The Kier molecular flexibility index (Phi) is 9.34. The lowest BCUT2D eigenvalue weighted by atomic mass is 9.82. The molecule has 2 aromatic carbocycles. The predicted octanol–water partition coefficient (Wildman–Crippen LogP) is 5.39. The molecular weight excluding hydrogens is 494 g/mol. The second kappa shape index (κ2) is 12.3. The zero-order valence-electron chi connectivity index (χ0n) is 22.0. The smallest absolute Gasteiger partial charge is 0.295 e. The summed E-state index contributed by atoms with van der Waals surface area (Å²) in [5, 5.41) is 3.27. The van der Waals surface area contributed by atoms with E-state index >= 15 is 0 Å². The standard InChI is InChI=1S/C28H34ClN3O5/c1-6-37-24-13-12-19(29)16-21(24)23(33)14-15-28(2,3)17-25(34)30-26-22(18-36-5)31(4)32(27(26)35)20-10-8-7-9-11-20/h7-13,16H,6,14-15,17-18H2,1-5H3,(H,30,34). The van der Waals surface area contributed by atoms with Crippen molar-refractivity contribution in [3.63, 3.8) is 0 Å². The summed E-state index contributed by atoms with van der Waals surface area (Å²) >= 11 is 6.10. The Hall–Kier alpha value is -3.36. The second-order valence-electron chi connectivity index (χ2n) is 9.62. The molecule has 0 spiro atoms. The second-order valence-corrected chi connectivity index (χ2v) is 10.1. The van der Waals surface area contributed by atoms with Gasteiger partial charge >= 0.3 is 0 Å². The maximum Gasteiger partial charge on any atom is 0.295 e. The van der Waals surface area contributed by atoms with E-state index in [0.717, 1.165) is 0 Å². The third-order valence-corrected chi connectivity index (χ3v) is 6.38. The first-order valence-corrected chi connectivity index (χ1v) is 12.6. The minimum Gasteiger partial charge on any atom is -0.493 e. The number of ether oxygens (including phenoxy) is 2. The van der Waals surface area contributed by atoms with Crippen LogP contribution in [0.5, 0.6) is 5.75 Å². The Morgan fingerprint density at radius 2 is 1.81 bits per heavy atom. The third-order valence-electron chi connectivity index (χ3n) is 6.14. The van der Waals surface area contributed by atoms with Crippen molar-refractivity contribution in [2.45, 2.75) is 46.6 Å². The van der Waals surface area contributed by atoms with Gasteiger partial charge in [0.05, 0.1) is 30.2 Å². The maximum atomic E-state index is 13.3. The number of hydrogen-bond acceptors (Lipinski definition) is 5. The molecule has 1 amide bonds. The highest BCUT2D eigenvalue weighted by Gasteiger charge is 2.27. The van der Waals surface area contributed by atoms with Gasteiger partial charge in [0.1, 0.15) is 11.4 Å². The summed E-state index contributed by atoms with van der Waals surface area (Å²) in [5.74, 6) is 0.0861. The highest BCUT2D eigenvalue weighted by molar-refractivity contribution is 6.31. The van der Waals surface area contributed by atoms with E-state index in [-0.39, 0.29) is 42.4 Å². The number of amides is 1. The van der Waals surface area contributed by atoms with Gasteiger partial charge in [-0.2, -0.15) is 0 Å². The van der Waals surface area contributed by atoms with Gasteiger partial charge in [0.25, 0.3) is 5.56 Å². The van der Waals surface area contributed by atoms with Crippen molar-refractivity contribution in [2.24, 2.45) is 12.5 Å². The monoisotopic (exact) mass is 527 g/mol. The van der Waals surface area contributed by atoms with Gasteiger partial charge in [0, 0.05) is 32.0 Å². The zero-order valence-corrected chi connectivity index (χ0v) is 22.7. The van der Waals surface area contributed by atoms with E-state index in [2.05, 4.69) is 5.32 Å². The first kappa shape index (κ1) is 28.2. The van der Waals surface area contributed by atoms with Crippen LogP contribution in [0.15, 0.2) is 53.3 Å². The molecule has 198 valence electrons. The molecular formula is C28H34ClN3O5. The molecule has 0 aliphatic carbocycles. The number of nitrogens with zero attached hydrogens (tertiary/aromatic N) is 2.